The number of benzene rings is 2. The molecule has 2 N–H and O–H groups in total. The third kappa shape index (κ3) is 6.11. The van der Waals surface area contributed by atoms with Crippen LogP contribution < -0.4 is 10.2 Å². The number of esters is 1. The van der Waals surface area contributed by atoms with Crippen molar-refractivity contribution in [3.05, 3.63) is 60.2 Å². The highest BCUT2D eigenvalue weighted by Crippen LogP contribution is 2.33. The minimum absolute atomic E-state index is 0.206. The summed E-state index contributed by atoms with van der Waals surface area (Å²) in [5.74, 6) is -0.626. The second kappa shape index (κ2) is 10.2. The fraction of sp³-hybridized carbons (Fsp3) is 0.375. The van der Waals surface area contributed by atoms with Gasteiger partial charge in [-0.05, 0) is 64.1 Å². The van der Waals surface area contributed by atoms with E-state index < -0.39 is 17.4 Å². The molecule has 3 rings (SSSR count). The van der Waals surface area contributed by atoms with Gasteiger partial charge >= 0.3 is 5.97 Å². The van der Waals surface area contributed by atoms with Gasteiger partial charge in [-0.3, -0.25) is 14.7 Å². The van der Waals surface area contributed by atoms with Gasteiger partial charge in [0.15, 0.2) is 5.17 Å². The molecule has 32 heavy (non-hydrogen) atoms. The summed E-state index contributed by atoms with van der Waals surface area (Å²) in [6, 6.07) is 16.1. The van der Waals surface area contributed by atoms with Crippen LogP contribution in [0.5, 0.6) is 0 Å². The first kappa shape index (κ1) is 23.8. The predicted octanol–water partition coefficient (Wildman–Crippen LogP) is 4.29. The van der Waals surface area contributed by atoms with Gasteiger partial charge in [0.25, 0.3) is 0 Å². The van der Waals surface area contributed by atoms with Crippen LogP contribution in [0.4, 0.5) is 11.4 Å². The predicted molar refractivity (Wildman–Crippen MR) is 129 cm³/mol. The number of carbonyl (C=O) groups excluding carboxylic acids is 2. The largest absolute Gasteiger partial charge is 0.462 e. The molecule has 0 saturated carbocycles. The number of anilines is 2. The number of amides is 1. The van der Waals surface area contributed by atoms with Crippen molar-refractivity contribution in [3.8, 4) is 0 Å². The Balaban J connectivity index is 1.77. The van der Waals surface area contributed by atoms with Crippen molar-refractivity contribution < 1.29 is 19.4 Å². The maximum absolute atomic E-state index is 13.2. The maximum atomic E-state index is 13.2. The number of carbonyl (C=O) groups is 2. The zero-order chi connectivity index (χ0) is 23.3. The molecule has 2 aromatic carbocycles. The van der Waals surface area contributed by atoms with Crippen LogP contribution in [-0.4, -0.2) is 45.8 Å². The fourth-order valence-electron chi connectivity index (χ4n) is 3.24. The minimum Gasteiger partial charge on any atom is -0.462 e. The summed E-state index contributed by atoms with van der Waals surface area (Å²) in [4.78, 5) is 31.1. The number of aliphatic hydroxyl groups excluding tert-OH is 1. The van der Waals surface area contributed by atoms with Crippen molar-refractivity contribution >= 4 is 40.2 Å². The monoisotopic (exact) mass is 455 g/mol. The van der Waals surface area contributed by atoms with E-state index >= 15 is 0 Å². The summed E-state index contributed by atoms with van der Waals surface area (Å²) in [6.45, 7) is 8.00. The Labute approximate surface area is 192 Å². The molecule has 8 heteroatoms. The Morgan fingerprint density at radius 2 is 1.84 bits per heavy atom. The molecule has 1 saturated heterocycles. The maximum Gasteiger partial charge on any atom is 0.338 e. The first-order valence-corrected chi connectivity index (χ1v) is 11.4. The van der Waals surface area contributed by atoms with E-state index in [0.717, 1.165) is 5.69 Å². The van der Waals surface area contributed by atoms with Crippen molar-refractivity contribution in [2.75, 3.05) is 16.8 Å². The topological polar surface area (TPSA) is 91.2 Å². The summed E-state index contributed by atoms with van der Waals surface area (Å²) in [7, 11) is 0. The number of nitrogens with one attached hydrogen (secondary N) is 1. The average Bonchev–Trinajstić information content (AvgIpc) is 3.00. The van der Waals surface area contributed by atoms with Gasteiger partial charge in [0.2, 0.25) is 5.91 Å². The van der Waals surface area contributed by atoms with Gasteiger partial charge in [0.05, 0.1) is 23.0 Å². The molecule has 2 atom stereocenters. The minimum atomic E-state index is -0.957. The van der Waals surface area contributed by atoms with E-state index in [2.05, 4.69) is 5.32 Å². The zero-order valence-electron chi connectivity index (χ0n) is 18.7. The SMILES string of the molecule is CCOC(=O)c1ccc(N2C(=O)C(SC(=NC(C)(C)C)Nc3ccccc3)CC2O)cc1. The number of rotatable bonds is 5. The van der Waals surface area contributed by atoms with E-state index in [0.29, 0.717) is 16.4 Å². The van der Waals surface area contributed by atoms with Gasteiger partial charge in [-0.25, -0.2) is 4.79 Å². The molecule has 1 heterocycles. The zero-order valence-corrected chi connectivity index (χ0v) is 19.6. The molecule has 0 spiro atoms. The lowest BCUT2D eigenvalue weighted by molar-refractivity contribution is -0.117. The normalized spacial score (nSPS) is 19.2. The molecule has 2 unspecified atom stereocenters. The molecule has 170 valence electrons. The standard InChI is InChI=1S/C24H29N3O4S/c1-5-31-22(30)16-11-13-18(14-12-16)27-20(28)15-19(21(27)29)32-23(26-24(2,3)4)25-17-9-7-6-8-10-17/h6-14,19-20,28H,5,15H2,1-4H3,(H,25,26). The van der Waals surface area contributed by atoms with Crippen LogP contribution in [0, 0.1) is 0 Å². The fourth-order valence-corrected chi connectivity index (χ4v) is 4.49. The van der Waals surface area contributed by atoms with Crippen LogP contribution in [0.15, 0.2) is 59.6 Å². The summed E-state index contributed by atoms with van der Waals surface area (Å²) in [6.07, 6.45) is -0.691. The van der Waals surface area contributed by atoms with Crippen LogP contribution in [0.1, 0.15) is 44.5 Å². The molecular formula is C24H29N3O4S. The quantitative estimate of drug-likeness (QED) is 0.397. The molecule has 1 aliphatic rings. The van der Waals surface area contributed by atoms with E-state index in [1.165, 1.54) is 16.7 Å². The Bertz CT molecular complexity index is 971. The molecule has 1 aliphatic heterocycles. The molecule has 0 radical (unpaired) electrons. The first-order valence-electron chi connectivity index (χ1n) is 10.5. The van der Waals surface area contributed by atoms with Gasteiger partial charge in [-0.1, -0.05) is 30.0 Å². The number of hydrogen-bond acceptors (Lipinski definition) is 6. The lowest BCUT2D eigenvalue weighted by Gasteiger charge is -2.21. The lowest BCUT2D eigenvalue weighted by Crippen LogP contribution is -2.34. The second-order valence-electron chi connectivity index (χ2n) is 8.38. The average molecular weight is 456 g/mol. The van der Waals surface area contributed by atoms with Gasteiger partial charge in [0.1, 0.15) is 6.23 Å². The van der Waals surface area contributed by atoms with E-state index in [9.17, 15) is 14.7 Å². The third-order valence-corrected chi connectivity index (χ3v) is 5.70. The number of hydrogen-bond donors (Lipinski definition) is 2. The van der Waals surface area contributed by atoms with Crippen LogP contribution in [0.25, 0.3) is 0 Å². The van der Waals surface area contributed by atoms with Gasteiger partial charge in [-0.2, -0.15) is 0 Å². The van der Waals surface area contributed by atoms with Crippen LogP contribution >= 0.6 is 11.8 Å². The van der Waals surface area contributed by atoms with Crippen molar-refractivity contribution in [1.29, 1.82) is 0 Å². The summed E-state index contributed by atoms with van der Waals surface area (Å²) < 4.78 is 4.99. The number of para-hydroxylation sites is 1. The molecule has 0 aliphatic carbocycles. The summed E-state index contributed by atoms with van der Waals surface area (Å²) in [5, 5.41) is 14.0. The highest BCUT2D eigenvalue weighted by Gasteiger charge is 2.41. The highest BCUT2D eigenvalue weighted by atomic mass is 32.2. The number of aliphatic imine (C=N–C) groups is 1. The molecule has 1 fully saturated rings. The van der Waals surface area contributed by atoms with Crippen molar-refractivity contribution in [1.82, 2.24) is 0 Å². The van der Waals surface area contributed by atoms with Gasteiger partial charge < -0.3 is 15.2 Å². The van der Waals surface area contributed by atoms with Crippen molar-refractivity contribution in [3.63, 3.8) is 0 Å². The Hall–Kier alpha value is -2.84. The molecular weight excluding hydrogens is 426 g/mol. The second-order valence-corrected chi connectivity index (χ2v) is 9.57. The molecule has 1 amide bonds. The highest BCUT2D eigenvalue weighted by molar-refractivity contribution is 8.15. The van der Waals surface area contributed by atoms with Gasteiger partial charge in [-0.15, -0.1) is 0 Å². The first-order chi connectivity index (χ1) is 15.2. The molecule has 0 aromatic heterocycles. The van der Waals surface area contributed by atoms with Crippen molar-refractivity contribution in [2.45, 2.75) is 51.1 Å². The van der Waals surface area contributed by atoms with E-state index in [1.54, 1.807) is 31.2 Å². The molecule has 7 nitrogen and oxygen atoms in total. The number of nitrogens with zero attached hydrogens (tertiary/aromatic N) is 2. The van der Waals surface area contributed by atoms with Crippen LogP contribution in [-0.2, 0) is 9.53 Å². The Morgan fingerprint density at radius 3 is 2.44 bits per heavy atom. The Morgan fingerprint density at radius 1 is 1.19 bits per heavy atom. The van der Waals surface area contributed by atoms with E-state index in [4.69, 9.17) is 9.73 Å². The van der Waals surface area contributed by atoms with Crippen LogP contribution in [0.2, 0.25) is 0 Å². The summed E-state index contributed by atoms with van der Waals surface area (Å²) in [5.41, 5.74) is 1.46. The Kier molecular flexibility index (Phi) is 7.58. The number of aliphatic hydroxyl groups is 1. The van der Waals surface area contributed by atoms with E-state index in [1.807, 2.05) is 51.1 Å². The van der Waals surface area contributed by atoms with E-state index in [-0.39, 0.29) is 24.5 Å². The van der Waals surface area contributed by atoms with Crippen molar-refractivity contribution in [2.24, 2.45) is 4.99 Å². The number of thioether (sulfide) groups is 1. The number of ether oxygens (including phenoxy) is 1. The molecule has 2 aromatic rings. The smallest absolute Gasteiger partial charge is 0.338 e. The summed E-state index contributed by atoms with van der Waals surface area (Å²) >= 11 is 1.31. The molecule has 0 bridgehead atoms. The lowest BCUT2D eigenvalue weighted by atomic mass is 10.1. The number of amidine groups is 1. The van der Waals surface area contributed by atoms with Gasteiger partial charge in [0, 0.05) is 17.8 Å². The van der Waals surface area contributed by atoms with Crippen LogP contribution in [0.3, 0.4) is 0 Å². The third-order valence-electron chi connectivity index (χ3n) is 4.61.